The lowest BCUT2D eigenvalue weighted by Gasteiger charge is -2.34. The highest BCUT2D eigenvalue weighted by Gasteiger charge is 2.34. The zero-order valence-corrected chi connectivity index (χ0v) is 18.2. The van der Waals surface area contributed by atoms with Crippen LogP contribution in [0.15, 0.2) is 51.8 Å². The number of methoxy groups -OCH3 is 1. The van der Waals surface area contributed by atoms with E-state index < -0.39 is 26.7 Å². The van der Waals surface area contributed by atoms with Crippen LogP contribution in [0.25, 0.3) is 0 Å². The van der Waals surface area contributed by atoms with Crippen LogP contribution in [-0.4, -0.2) is 56.8 Å². The van der Waals surface area contributed by atoms with E-state index >= 15 is 0 Å². The van der Waals surface area contributed by atoms with Gasteiger partial charge in [-0.05, 0) is 52.3 Å². The van der Waals surface area contributed by atoms with Gasteiger partial charge in [0, 0.05) is 30.7 Å². The lowest BCUT2D eigenvalue weighted by Crippen LogP contribution is -2.50. The molecule has 3 rings (SSSR count). The van der Waals surface area contributed by atoms with Crippen LogP contribution in [0, 0.1) is 0 Å². The molecule has 1 aliphatic heterocycles. The number of carbonyl (C=O) groups is 1. The van der Waals surface area contributed by atoms with Crippen molar-refractivity contribution in [2.45, 2.75) is 11.1 Å². The van der Waals surface area contributed by atoms with E-state index in [0.717, 1.165) is 22.5 Å². The highest BCUT2D eigenvalue weighted by Crippen LogP contribution is 2.31. The SMILES string of the molecule is COc1ccc(Br)c(C(=O)N2CCN(S(=O)(=O)c3cccc(C(F)(F)F)c3)CC2)c1. The summed E-state index contributed by atoms with van der Waals surface area (Å²) in [7, 11) is -2.63. The predicted molar refractivity (Wildman–Crippen MR) is 107 cm³/mol. The maximum Gasteiger partial charge on any atom is 0.416 e. The Labute approximate surface area is 180 Å². The molecule has 0 N–H and O–H groups in total. The first-order valence-electron chi connectivity index (χ1n) is 8.84. The van der Waals surface area contributed by atoms with Gasteiger partial charge in [-0.3, -0.25) is 4.79 Å². The topological polar surface area (TPSA) is 66.9 Å². The third-order valence-corrected chi connectivity index (χ3v) is 7.32. The summed E-state index contributed by atoms with van der Waals surface area (Å²) in [6, 6.07) is 8.60. The van der Waals surface area contributed by atoms with E-state index in [2.05, 4.69) is 15.9 Å². The van der Waals surface area contributed by atoms with Gasteiger partial charge < -0.3 is 9.64 Å². The number of hydrogen-bond donors (Lipinski definition) is 0. The zero-order chi connectivity index (χ0) is 22.1. The highest BCUT2D eigenvalue weighted by atomic mass is 79.9. The van der Waals surface area contributed by atoms with Crippen LogP contribution >= 0.6 is 15.9 Å². The van der Waals surface area contributed by atoms with E-state index in [-0.39, 0.29) is 32.1 Å². The fraction of sp³-hybridized carbons (Fsp3) is 0.316. The first-order chi connectivity index (χ1) is 14.0. The molecule has 1 heterocycles. The van der Waals surface area contributed by atoms with Crippen molar-refractivity contribution in [3.63, 3.8) is 0 Å². The Morgan fingerprint density at radius 2 is 1.73 bits per heavy atom. The fourth-order valence-electron chi connectivity index (χ4n) is 3.08. The first-order valence-corrected chi connectivity index (χ1v) is 11.1. The molecular formula is C19H18BrF3N2O4S. The van der Waals surface area contributed by atoms with E-state index in [1.54, 1.807) is 18.2 Å². The summed E-state index contributed by atoms with van der Waals surface area (Å²) in [6.07, 6.45) is -4.64. The fourth-order valence-corrected chi connectivity index (χ4v) is 4.96. The number of alkyl halides is 3. The predicted octanol–water partition coefficient (Wildman–Crippen LogP) is 3.62. The average Bonchev–Trinajstić information content (AvgIpc) is 2.73. The standard InChI is InChI=1S/C19H18BrF3N2O4S/c1-29-14-5-6-17(20)16(12-14)18(26)24-7-9-25(10-8-24)30(27,28)15-4-2-3-13(11-15)19(21,22)23/h2-6,11-12H,7-10H2,1H3. The molecule has 0 unspecified atom stereocenters. The second kappa shape index (κ2) is 8.56. The molecule has 0 bridgehead atoms. The number of hydrogen-bond acceptors (Lipinski definition) is 4. The maximum absolute atomic E-state index is 12.9. The minimum absolute atomic E-state index is 0.0219. The number of halogens is 4. The van der Waals surface area contributed by atoms with Gasteiger partial charge in [-0.1, -0.05) is 6.07 Å². The van der Waals surface area contributed by atoms with Gasteiger partial charge in [0.1, 0.15) is 5.75 Å². The van der Waals surface area contributed by atoms with E-state index in [1.807, 2.05) is 0 Å². The molecular weight excluding hydrogens is 489 g/mol. The third-order valence-electron chi connectivity index (χ3n) is 4.73. The molecule has 0 saturated carbocycles. The van der Waals surface area contributed by atoms with Gasteiger partial charge >= 0.3 is 6.18 Å². The monoisotopic (exact) mass is 506 g/mol. The van der Waals surface area contributed by atoms with Crippen LogP contribution in [0.5, 0.6) is 5.75 Å². The minimum atomic E-state index is -4.64. The maximum atomic E-state index is 12.9. The summed E-state index contributed by atoms with van der Waals surface area (Å²) >= 11 is 3.32. The molecule has 1 fully saturated rings. The number of carbonyl (C=O) groups excluding carboxylic acids is 1. The van der Waals surface area contributed by atoms with Crippen LogP contribution in [-0.2, 0) is 16.2 Å². The summed E-state index contributed by atoms with van der Waals surface area (Å²) in [5.74, 6) is 0.212. The number of benzene rings is 2. The smallest absolute Gasteiger partial charge is 0.416 e. The Morgan fingerprint density at radius 3 is 2.33 bits per heavy atom. The Hall–Kier alpha value is -2.11. The number of amides is 1. The number of rotatable bonds is 4. The molecule has 162 valence electrons. The molecule has 6 nitrogen and oxygen atoms in total. The van der Waals surface area contributed by atoms with E-state index in [0.29, 0.717) is 21.9 Å². The molecule has 1 amide bonds. The summed E-state index contributed by atoms with van der Waals surface area (Å²) in [4.78, 5) is 13.9. The van der Waals surface area contributed by atoms with Crippen LogP contribution in [0.1, 0.15) is 15.9 Å². The van der Waals surface area contributed by atoms with Crippen molar-refractivity contribution < 1.29 is 31.1 Å². The molecule has 30 heavy (non-hydrogen) atoms. The summed E-state index contributed by atoms with van der Waals surface area (Å²) in [5.41, 5.74) is -0.649. The summed E-state index contributed by atoms with van der Waals surface area (Å²) in [5, 5.41) is 0. The van der Waals surface area contributed by atoms with Crippen molar-refractivity contribution >= 4 is 31.9 Å². The van der Waals surface area contributed by atoms with Crippen LogP contribution < -0.4 is 4.74 Å². The second-order valence-corrected chi connectivity index (χ2v) is 9.36. The Balaban J connectivity index is 1.74. The van der Waals surface area contributed by atoms with Crippen LogP contribution in [0.2, 0.25) is 0 Å². The lowest BCUT2D eigenvalue weighted by molar-refractivity contribution is -0.137. The van der Waals surface area contributed by atoms with Gasteiger partial charge in [-0.25, -0.2) is 8.42 Å². The van der Waals surface area contributed by atoms with Crippen LogP contribution in [0.3, 0.4) is 0 Å². The Bertz CT molecular complexity index is 1050. The van der Waals surface area contributed by atoms with Gasteiger partial charge in [0.2, 0.25) is 10.0 Å². The number of ether oxygens (including phenoxy) is 1. The van der Waals surface area contributed by atoms with Crippen LogP contribution in [0.4, 0.5) is 13.2 Å². The number of nitrogens with zero attached hydrogens (tertiary/aromatic N) is 2. The minimum Gasteiger partial charge on any atom is -0.497 e. The van der Waals surface area contributed by atoms with Gasteiger partial charge in [-0.2, -0.15) is 17.5 Å². The average molecular weight is 507 g/mol. The summed E-state index contributed by atoms with van der Waals surface area (Å²) in [6.45, 7) is 0.180. The van der Waals surface area contributed by atoms with Crippen molar-refractivity contribution in [2.24, 2.45) is 0 Å². The molecule has 0 radical (unpaired) electrons. The molecule has 0 spiro atoms. The molecule has 1 saturated heterocycles. The van der Waals surface area contributed by atoms with E-state index in [9.17, 15) is 26.4 Å². The van der Waals surface area contributed by atoms with Crippen molar-refractivity contribution in [1.82, 2.24) is 9.21 Å². The van der Waals surface area contributed by atoms with Gasteiger partial charge in [0.25, 0.3) is 5.91 Å². The zero-order valence-electron chi connectivity index (χ0n) is 15.8. The molecule has 1 aliphatic rings. The van der Waals surface area contributed by atoms with Crippen molar-refractivity contribution in [2.75, 3.05) is 33.3 Å². The first kappa shape index (κ1) is 22.6. The summed E-state index contributed by atoms with van der Waals surface area (Å²) < 4.78 is 71.1. The van der Waals surface area contributed by atoms with Crippen molar-refractivity contribution in [3.05, 3.63) is 58.1 Å². The van der Waals surface area contributed by atoms with Gasteiger partial charge in [0.05, 0.1) is 23.1 Å². The molecule has 0 aliphatic carbocycles. The van der Waals surface area contributed by atoms with Crippen molar-refractivity contribution in [3.8, 4) is 5.75 Å². The number of piperazine rings is 1. The Morgan fingerprint density at radius 1 is 1.07 bits per heavy atom. The van der Waals surface area contributed by atoms with E-state index in [4.69, 9.17) is 4.74 Å². The second-order valence-electron chi connectivity index (χ2n) is 6.57. The molecule has 2 aromatic rings. The Kier molecular flexibility index (Phi) is 6.44. The molecule has 0 atom stereocenters. The third kappa shape index (κ3) is 4.62. The molecule has 11 heteroatoms. The lowest BCUT2D eigenvalue weighted by atomic mass is 10.1. The highest BCUT2D eigenvalue weighted by molar-refractivity contribution is 9.10. The quantitative estimate of drug-likeness (QED) is 0.635. The van der Waals surface area contributed by atoms with Crippen molar-refractivity contribution in [1.29, 1.82) is 0 Å². The van der Waals surface area contributed by atoms with Gasteiger partial charge in [0.15, 0.2) is 0 Å². The molecule has 2 aromatic carbocycles. The van der Waals surface area contributed by atoms with E-state index in [1.165, 1.54) is 12.0 Å². The number of sulfonamides is 1. The largest absolute Gasteiger partial charge is 0.497 e. The normalized spacial score (nSPS) is 15.8. The van der Waals surface area contributed by atoms with Gasteiger partial charge in [-0.15, -0.1) is 0 Å². The molecule has 0 aromatic heterocycles.